The van der Waals surface area contributed by atoms with Crippen LogP contribution in [0.25, 0.3) is 0 Å². The summed E-state index contributed by atoms with van der Waals surface area (Å²) in [6, 6.07) is -0.229. The van der Waals surface area contributed by atoms with Gasteiger partial charge in [-0.1, -0.05) is 0 Å². The minimum atomic E-state index is -0.444. The quantitative estimate of drug-likeness (QED) is 0.536. The molecule has 1 heterocycles. The first kappa shape index (κ1) is 10.3. The zero-order valence-electron chi connectivity index (χ0n) is 7.70. The highest BCUT2D eigenvalue weighted by atomic mass is 16.3. The van der Waals surface area contributed by atoms with Gasteiger partial charge in [0.1, 0.15) is 0 Å². The monoisotopic (exact) mass is 187 g/mol. The number of aliphatic hydroxyl groups is 1. The van der Waals surface area contributed by atoms with Gasteiger partial charge in [0.05, 0.1) is 6.61 Å². The number of nitrogens with zero attached hydrogens (tertiary/aromatic N) is 1. The summed E-state index contributed by atoms with van der Waals surface area (Å²) in [5.74, 6) is 0. The Morgan fingerprint density at radius 1 is 1.54 bits per heavy atom. The largest absolute Gasteiger partial charge is 0.395 e. The average Bonchev–Trinajstić information content (AvgIpc) is 2.08. The van der Waals surface area contributed by atoms with E-state index in [9.17, 15) is 4.79 Å². The number of nitrogens with two attached hydrogens (primary N) is 1. The molecular weight excluding hydrogens is 170 g/mol. The van der Waals surface area contributed by atoms with Gasteiger partial charge in [-0.3, -0.25) is 0 Å². The number of amides is 2. The Bertz CT molecular complexity index is 167. The normalized spacial score (nSPS) is 20.1. The molecule has 1 rings (SSSR count). The highest BCUT2D eigenvalue weighted by Crippen LogP contribution is 2.09. The minimum Gasteiger partial charge on any atom is -0.395 e. The van der Waals surface area contributed by atoms with Gasteiger partial charge in [0, 0.05) is 25.7 Å². The van der Waals surface area contributed by atoms with Crippen LogP contribution < -0.4 is 11.1 Å². The van der Waals surface area contributed by atoms with E-state index in [-0.39, 0.29) is 12.6 Å². The van der Waals surface area contributed by atoms with Gasteiger partial charge < -0.3 is 21.1 Å². The zero-order chi connectivity index (χ0) is 9.68. The predicted octanol–water partition coefficient (Wildman–Crippen LogP) is -0.889. The third kappa shape index (κ3) is 3.61. The smallest absolute Gasteiger partial charge is 0.312 e. The lowest BCUT2D eigenvalue weighted by Crippen LogP contribution is -2.46. The molecule has 1 aliphatic heterocycles. The van der Waals surface area contributed by atoms with Gasteiger partial charge in [-0.15, -0.1) is 0 Å². The molecule has 4 N–H and O–H groups in total. The van der Waals surface area contributed by atoms with E-state index in [0.29, 0.717) is 0 Å². The zero-order valence-corrected chi connectivity index (χ0v) is 7.70. The van der Waals surface area contributed by atoms with Crippen LogP contribution in [0, 0.1) is 0 Å². The van der Waals surface area contributed by atoms with Gasteiger partial charge >= 0.3 is 6.03 Å². The van der Waals surface area contributed by atoms with E-state index in [1.54, 1.807) is 0 Å². The molecule has 1 saturated heterocycles. The number of carbonyl (C=O) groups is 1. The van der Waals surface area contributed by atoms with Crippen molar-refractivity contribution in [1.29, 1.82) is 0 Å². The Morgan fingerprint density at radius 3 is 2.62 bits per heavy atom. The van der Waals surface area contributed by atoms with Crippen LogP contribution in [0.5, 0.6) is 0 Å². The summed E-state index contributed by atoms with van der Waals surface area (Å²) in [6.45, 7) is 2.77. The highest BCUT2D eigenvalue weighted by molar-refractivity contribution is 5.71. The maximum atomic E-state index is 10.5. The number of rotatable bonds is 3. The molecule has 5 nitrogen and oxygen atoms in total. The number of carbonyl (C=O) groups excluding carboxylic acids is 1. The van der Waals surface area contributed by atoms with E-state index in [4.69, 9.17) is 10.8 Å². The molecule has 0 aromatic heterocycles. The maximum Gasteiger partial charge on any atom is 0.312 e. The summed E-state index contributed by atoms with van der Waals surface area (Å²) in [5, 5.41) is 11.4. The maximum absolute atomic E-state index is 10.5. The van der Waals surface area contributed by atoms with Crippen LogP contribution >= 0.6 is 0 Å². The van der Waals surface area contributed by atoms with Crippen molar-refractivity contribution in [3.05, 3.63) is 0 Å². The molecular formula is C8H17N3O2. The number of likely N-dealkylation sites (tertiary alicyclic amines) is 1. The van der Waals surface area contributed by atoms with Crippen LogP contribution in [0.2, 0.25) is 0 Å². The molecule has 1 aliphatic rings. The Hall–Kier alpha value is -0.810. The van der Waals surface area contributed by atoms with E-state index in [1.165, 1.54) is 0 Å². The van der Waals surface area contributed by atoms with Crippen molar-refractivity contribution >= 4 is 6.03 Å². The van der Waals surface area contributed by atoms with E-state index in [2.05, 4.69) is 10.2 Å². The lowest BCUT2D eigenvalue weighted by Gasteiger charge is -2.31. The Morgan fingerprint density at radius 2 is 2.15 bits per heavy atom. The van der Waals surface area contributed by atoms with Gasteiger partial charge in [0.2, 0.25) is 0 Å². The average molecular weight is 187 g/mol. The lowest BCUT2D eigenvalue weighted by molar-refractivity contribution is 0.157. The minimum absolute atomic E-state index is 0.202. The molecule has 0 radical (unpaired) electrons. The molecule has 1 fully saturated rings. The van der Waals surface area contributed by atoms with E-state index in [1.807, 2.05) is 0 Å². The molecule has 0 bridgehead atoms. The summed E-state index contributed by atoms with van der Waals surface area (Å²) in [5.41, 5.74) is 5.01. The van der Waals surface area contributed by atoms with Crippen LogP contribution in [0.3, 0.4) is 0 Å². The summed E-state index contributed by atoms with van der Waals surface area (Å²) in [4.78, 5) is 12.7. The summed E-state index contributed by atoms with van der Waals surface area (Å²) >= 11 is 0. The van der Waals surface area contributed by atoms with Crippen molar-refractivity contribution in [2.45, 2.75) is 18.9 Å². The Labute approximate surface area is 77.9 Å². The van der Waals surface area contributed by atoms with Gasteiger partial charge in [-0.25, -0.2) is 4.79 Å². The number of hydrogen-bond donors (Lipinski definition) is 3. The van der Waals surface area contributed by atoms with Crippen molar-refractivity contribution in [2.75, 3.05) is 26.2 Å². The van der Waals surface area contributed by atoms with E-state index < -0.39 is 6.03 Å². The van der Waals surface area contributed by atoms with Crippen molar-refractivity contribution in [3.8, 4) is 0 Å². The highest BCUT2D eigenvalue weighted by Gasteiger charge is 2.18. The second kappa shape index (κ2) is 5.04. The molecule has 2 amide bonds. The molecule has 0 atom stereocenters. The second-order valence-corrected chi connectivity index (χ2v) is 3.35. The first-order valence-corrected chi connectivity index (χ1v) is 4.61. The van der Waals surface area contributed by atoms with Crippen LogP contribution in [-0.2, 0) is 0 Å². The van der Waals surface area contributed by atoms with Crippen molar-refractivity contribution in [2.24, 2.45) is 5.73 Å². The fourth-order valence-electron chi connectivity index (χ4n) is 1.64. The topological polar surface area (TPSA) is 78.6 Å². The van der Waals surface area contributed by atoms with Crippen LogP contribution in [0.1, 0.15) is 12.8 Å². The van der Waals surface area contributed by atoms with Gasteiger partial charge in [0.25, 0.3) is 0 Å². The summed E-state index contributed by atoms with van der Waals surface area (Å²) < 4.78 is 0. The second-order valence-electron chi connectivity index (χ2n) is 3.35. The summed E-state index contributed by atoms with van der Waals surface area (Å²) in [6.07, 6.45) is 1.84. The van der Waals surface area contributed by atoms with Gasteiger partial charge in [-0.2, -0.15) is 0 Å². The predicted molar refractivity (Wildman–Crippen MR) is 49.3 cm³/mol. The number of hydrogen-bond acceptors (Lipinski definition) is 3. The van der Waals surface area contributed by atoms with E-state index >= 15 is 0 Å². The van der Waals surface area contributed by atoms with Gasteiger partial charge in [0.15, 0.2) is 0 Å². The number of urea groups is 1. The van der Waals surface area contributed by atoms with Crippen molar-refractivity contribution < 1.29 is 9.90 Å². The molecule has 13 heavy (non-hydrogen) atoms. The Balaban J connectivity index is 2.18. The molecule has 0 aromatic carbocycles. The van der Waals surface area contributed by atoms with Crippen molar-refractivity contribution in [1.82, 2.24) is 10.2 Å². The van der Waals surface area contributed by atoms with Crippen LogP contribution in [0.4, 0.5) is 4.79 Å². The first-order chi connectivity index (χ1) is 6.22. The van der Waals surface area contributed by atoms with Gasteiger partial charge in [-0.05, 0) is 12.8 Å². The molecule has 0 unspecified atom stereocenters. The fraction of sp³-hybridized carbons (Fsp3) is 0.875. The molecule has 0 aromatic rings. The van der Waals surface area contributed by atoms with E-state index in [0.717, 1.165) is 32.5 Å². The molecule has 0 saturated carbocycles. The fourth-order valence-corrected chi connectivity index (χ4v) is 1.64. The van der Waals surface area contributed by atoms with Crippen LogP contribution in [0.15, 0.2) is 0 Å². The Kier molecular flexibility index (Phi) is 3.98. The third-order valence-corrected chi connectivity index (χ3v) is 2.35. The SMILES string of the molecule is NC(=O)NC1CCN(CCO)CC1. The summed E-state index contributed by atoms with van der Waals surface area (Å²) in [7, 11) is 0. The van der Waals surface area contributed by atoms with Crippen LogP contribution in [-0.4, -0.2) is 48.3 Å². The number of primary amides is 1. The standard InChI is InChI=1S/C8H17N3O2/c9-8(13)10-7-1-3-11(4-2-7)5-6-12/h7,12H,1-6H2,(H3,9,10,13). The lowest BCUT2D eigenvalue weighted by atomic mass is 10.1. The first-order valence-electron chi connectivity index (χ1n) is 4.61. The third-order valence-electron chi connectivity index (χ3n) is 2.35. The number of nitrogens with one attached hydrogen (secondary N) is 1. The molecule has 5 heteroatoms. The molecule has 0 spiro atoms. The van der Waals surface area contributed by atoms with Crippen molar-refractivity contribution in [3.63, 3.8) is 0 Å². The molecule has 0 aliphatic carbocycles. The number of β-amino-alcohol motifs (C(OH)–C–C–N with tert-alkyl or cyclic N) is 1. The number of aliphatic hydroxyl groups excluding tert-OH is 1. The number of piperidine rings is 1. The molecule has 76 valence electrons.